The van der Waals surface area contributed by atoms with Gasteiger partial charge in [0.1, 0.15) is 0 Å². The number of hydrogen-bond acceptors (Lipinski definition) is 3. The summed E-state index contributed by atoms with van der Waals surface area (Å²) >= 11 is 0. The molecule has 0 saturated carbocycles. The van der Waals surface area contributed by atoms with Crippen molar-refractivity contribution in [3.05, 3.63) is 12.3 Å². The van der Waals surface area contributed by atoms with E-state index in [0.29, 0.717) is 0 Å². The van der Waals surface area contributed by atoms with E-state index in [-0.39, 0.29) is 5.91 Å². The largest absolute Gasteiger partial charge is 0.356 e. The van der Waals surface area contributed by atoms with Crippen LogP contribution in [0.1, 0.15) is 0 Å². The van der Waals surface area contributed by atoms with Gasteiger partial charge in [0.15, 0.2) is 0 Å². The first-order valence-electron chi connectivity index (χ1n) is 2.59. The van der Waals surface area contributed by atoms with Gasteiger partial charge in [0.25, 0.3) is 0 Å². The second kappa shape index (κ2) is 2.06. The van der Waals surface area contributed by atoms with Gasteiger partial charge in [0.05, 0.1) is 0 Å². The van der Waals surface area contributed by atoms with Crippen LogP contribution in [0.25, 0.3) is 0 Å². The lowest BCUT2D eigenvalue weighted by molar-refractivity contribution is -0.123. The molecule has 0 aromatic carbocycles. The van der Waals surface area contributed by atoms with Crippen LogP contribution in [-0.4, -0.2) is 29.3 Å². The molecule has 0 fully saturated rings. The van der Waals surface area contributed by atoms with Crippen LogP contribution in [0.4, 0.5) is 0 Å². The molecule has 1 atom stereocenters. The van der Waals surface area contributed by atoms with E-state index in [2.05, 4.69) is 5.32 Å². The molecule has 0 saturated heterocycles. The lowest BCUT2D eigenvalue weighted by Gasteiger charge is -2.24. The van der Waals surface area contributed by atoms with Gasteiger partial charge >= 0.3 is 0 Å². The highest BCUT2D eigenvalue weighted by molar-refractivity contribution is 5.88. The maximum absolute atomic E-state index is 10.4. The van der Waals surface area contributed by atoms with Crippen LogP contribution in [0.5, 0.6) is 0 Å². The van der Waals surface area contributed by atoms with Crippen LogP contribution in [-0.2, 0) is 4.79 Å². The van der Waals surface area contributed by atoms with Gasteiger partial charge in [-0.05, 0) is 0 Å². The normalized spacial score (nSPS) is 26.2. The Morgan fingerprint density at radius 1 is 1.89 bits per heavy atom. The fourth-order valence-corrected chi connectivity index (χ4v) is 0.544. The van der Waals surface area contributed by atoms with Gasteiger partial charge in [-0.2, -0.15) is 0 Å². The Hall–Kier alpha value is -1.03. The van der Waals surface area contributed by atoms with E-state index >= 15 is 0 Å². The number of hydrogen-bond donors (Lipinski definition) is 2. The van der Waals surface area contributed by atoms with E-state index in [4.69, 9.17) is 5.11 Å². The van der Waals surface area contributed by atoms with Gasteiger partial charge in [-0.15, -0.1) is 0 Å². The van der Waals surface area contributed by atoms with Crippen LogP contribution >= 0.6 is 0 Å². The summed E-state index contributed by atoms with van der Waals surface area (Å²) in [6, 6.07) is 0. The van der Waals surface area contributed by atoms with Crippen molar-refractivity contribution in [1.82, 2.24) is 10.2 Å². The molecule has 1 unspecified atom stereocenters. The van der Waals surface area contributed by atoms with Crippen molar-refractivity contribution in [2.24, 2.45) is 0 Å². The summed E-state index contributed by atoms with van der Waals surface area (Å²) in [6.45, 7) is 0. The van der Waals surface area contributed by atoms with E-state index in [1.54, 1.807) is 7.05 Å². The highest BCUT2D eigenvalue weighted by Crippen LogP contribution is 1.94. The molecule has 0 aromatic rings. The molecule has 1 aliphatic rings. The molecule has 4 nitrogen and oxygen atoms in total. The molecule has 0 radical (unpaired) electrons. The molecule has 0 aliphatic carbocycles. The first-order chi connectivity index (χ1) is 4.20. The van der Waals surface area contributed by atoms with Crippen LogP contribution in [0.3, 0.4) is 0 Å². The van der Waals surface area contributed by atoms with Gasteiger partial charge < -0.3 is 15.3 Å². The number of nitrogens with one attached hydrogen (secondary N) is 1. The second-order valence-corrected chi connectivity index (χ2v) is 1.86. The van der Waals surface area contributed by atoms with Crippen molar-refractivity contribution < 1.29 is 9.90 Å². The standard InChI is InChI=1S/C5H8N2O2/c1-7-3-2-4(8)6-5(7)9/h2-3,5,9H,1H3,(H,6,8). The smallest absolute Gasteiger partial charge is 0.248 e. The van der Waals surface area contributed by atoms with Gasteiger partial charge in [-0.25, -0.2) is 0 Å². The molecule has 4 heteroatoms. The molecule has 1 amide bonds. The molecule has 1 rings (SSSR count). The number of carbonyl (C=O) groups excluding carboxylic acids is 1. The van der Waals surface area contributed by atoms with E-state index in [1.807, 2.05) is 0 Å². The Morgan fingerprint density at radius 3 is 3.00 bits per heavy atom. The Morgan fingerprint density at radius 2 is 2.56 bits per heavy atom. The predicted molar refractivity (Wildman–Crippen MR) is 31.1 cm³/mol. The molecule has 50 valence electrons. The SMILES string of the molecule is CN1C=CC(=O)NC1O. The summed E-state index contributed by atoms with van der Waals surface area (Å²) in [5, 5.41) is 11.2. The Labute approximate surface area is 52.8 Å². The monoisotopic (exact) mass is 128 g/mol. The highest BCUT2D eigenvalue weighted by Gasteiger charge is 2.13. The fraction of sp³-hybridized carbons (Fsp3) is 0.400. The van der Waals surface area contributed by atoms with E-state index in [0.717, 1.165) is 0 Å². The van der Waals surface area contributed by atoms with Crippen LogP contribution in [0.2, 0.25) is 0 Å². The molecule has 2 N–H and O–H groups in total. The third kappa shape index (κ3) is 1.20. The predicted octanol–water partition coefficient (Wildman–Crippen LogP) is -1.16. The van der Waals surface area contributed by atoms with E-state index < -0.39 is 6.35 Å². The molecule has 9 heavy (non-hydrogen) atoms. The lowest BCUT2D eigenvalue weighted by atomic mass is 10.4. The molecule has 0 bridgehead atoms. The van der Waals surface area contributed by atoms with E-state index in [9.17, 15) is 4.79 Å². The molecular formula is C5H8N2O2. The summed E-state index contributed by atoms with van der Waals surface area (Å²) < 4.78 is 0. The quantitative estimate of drug-likeness (QED) is 0.432. The highest BCUT2D eigenvalue weighted by atomic mass is 16.3. The van der Waals surface area contributed by atoms with Gasteiger partial charge in [0.2, 0.25) is 12.3 Å². The van der Waals surface area contributed by atoms with Crippen molar-refractivity contribution in [3.63, 3.8) is 0 Å². The third-order valence-electron chi connectivity index (χ3n) is 1.12. The summed E-state index contributed by atoms with van der Waals surface area (Å²) in [4.78, 5) is 11.9. The molecule has 0 aromatic heterocycles. The van der Waals surface area contributed by atoms with Crippen molar-refractivity contribution >= 4 is 5.91 Å². The number of rotatable bonds is 0. The minimum absolute atomic E-state index is 0.263. The first kappa shape index (κ1) is 6.10. The fourth-order valence-electron chi connectivity index (χ4n) is 0.544. The number of amides is 1. The van der Waals surface area contributed by atoms with Gasteiger partial charge in [0, 0.05) is 19.3 Å². The maximum Gasteiger partial charge on any atom is 0.248 e. The van der Waals surface area contributed by atoms with Crippen molar-refractivity contribution in [3.8, 4) is 0 Å². The Kier molecular flexibility index (Phi) is 1.40. The molecular weight excluding hydrogens is 120 g/mol. The average Bonchev–Trinajstić information content (AvgIpc) is 1.80. The number of aliphatic hydroxyl groups is 1. The zero-order chi connectivity index (χ0) is 6.85. The number of aliphatic hydroxyl groups excluding tert-OH is 1. The summed E-state index contributed by atoms with van der Waals surface area (Å²) in [6.07, 6.45) is 2.00. The number of carbonyl (C=O) groups is 1. The van der Waals surface area contributed by atoms with Crippen LogP contribution in [0.15, 0.2) is 12.3 Å². The van der Waals surface area contributed by atoms with Gasteiger partial charge in [-0.1, -0.05) is 0 Å². The average molecular weight is 128 g/mol. The first-order valence-corrected chi connectivity index (χ1v) is 2.59. The Bertz CT molecular complexity index is 155. The Balaban J connectivity index is 2.65. The van der Waals surface area contributed by atoms with Crippen LogP contribution < -0.4 is 5.32 Å². The van der Waals surface area contributed by atoms with Crippen molar-refractivity contribution in [2.75, 3.05) is 7.05 Å². The van der Waals surface area contributed by atoms with Crippen molar-refractivity contribution in [1.29, 1.82) is 0 Å². The molecule has 0 spiro atoms. The molecule has 1 aliphatic heterocycles. The zero-order valence-corrected chi connectivity index (χ0v) is 5.03. The summed E-state index contributed by atoms with van der Waals surface area (Å²) in [5.41, 5.74) is 0. The topological polar surface area (TPSA) is 52.6 Å². The number of nitrogens with zero attached hydrogens (tertiary/aromatic N) is 1. The van der Waals surface area contributed by atoms with Gasteiger partial charge in [-0.3, -0.25) is 4.79 Å². The summed E-state index contributed by atoms with van der Waals surface area (Å²) in [5.74, 6) is -0.263. The second-order valence-electron chi connectivity index (χ2n) is 1.86. The summed E-state index contributed by atoms with van der Waals surface area (Å²) in [7, 11) is 1.67. The van der Waals surface area contributed by atoms with Crippen molar-refractivity contribution in [2.45, 2.75) is 6.35 Å². The lowest BCUT2D eigenvalue weighted by Crippen LogP contribution is -2.46. The minimum Gasteiger partial charge on any atom is -0.356 e. The van der Waals surface area contributed by atoms with E-state index in [1.165, 1.54) is 17.2 Å². The van der Waals surface area contributed by atoms with Crippen LogP contribution in [0, 0.1) is 0 Å². The minimum atomic E-state index is -0.873. The maximum atomic E-state index is 10.4. The third-order valence-corrected chi connectivity index (χ3v) is 1.12. The zero-order valence-electron chi connectivity index (χ0n) is 5.03. The molecule has 1 heterocycles.